The van der Waals surface area contributed by atoms with Crippen LogP contribution in [0.25, 0.3) is 11.0 Å². The fourth-order valence-electron chi connectivity index (χ4n) is 1.91. The van der Waals surface area contributed by atoms with Crippen molar-refractivity contribution in [2.75, 3.05) is 30.4 Å². The molecule has 19 heavy (non-hydrogen) atoms. The molecule has 0 fully saturated rings. The van der Waals surface area contributed by atoms with Crippen LogP contribution in [-0.2, 0) is 0 Å². The predicted molar refractivity (Wildman–Crippen MR) is 73.9 cm³/mol. The Morgan fingerprint density at radius 2 is 2.32 bits per heavy atom. The SMILES string of the molecule is CCN(CC(C)C#N)c1nc(NC)nc2[nH]ncc12. The van der Waals surface area contributed by atoms with Gasteiger partial charge in [-0.2, -0.15) is 20.3 Å². The van der Waals surface area contributed by atoms with Gasteiger partial charge in [-0.15, -0.1) is 0 Å². The Bertz CT molecular complexity index is 598. The van der Waals surface area contributed by atoms with E-state index < -0.39 is 0 Å². The lowest BCUT2D eigenvalue weighted by atomic mass is 10.2. The Kier molecular flexibility index (Phi) is 3.80. The zero-order valence-corrected chi connectivity index (χ0v) is 11.3. The van der Waals surface area contributed by atoms with Crippen LogP contribution in [0, 0.1) is 17.2 Å². The van der Waals surface area contributed by atoms with Crippen molar-refractivity contribution >= 4 is 22.8 Å². The second kappa shape index (κ2) is 5.52. The Hall–Kier alpha value is -2.36. The van der Waals surface area contributed by atoms with Crippen LogP contribution in [0.1, 0.15) is 13.8 Å². The Morgan fingerprint density at radius 1 is 1.53 bits per heavy atom. The number of anilines is 2. The lowest BCUT2D eigenvalue weighted by Crippen LogP contribution is -2.29. The molecule has 0 amide bonds. The highest BCUT2D eigenvalue weighted by Crippen LogP contribution is 2.24. The maximum absolute atomic E-state index is 8.96. The Morgan fingerprint density at radius 3 is 2.95 bits per heavy atom. The van der Waals surface area contributed by atoms with E-state index in [-0.39, 0.29) is 5.92 Å². The summed E-state index contributed by atoms with van der Waals surface area (Å²) in [6, 6.07) is 2.25. The molecule has 7 heteroatoms. The van der Waals surface area contributed by atoms with Crippen molar-refractivity contribution in [2.24, 2.45) is 5.92 Å². The number of H-pyrrole nitrogens is 1. The molecule has 0 aliphatic heterocycles. The van der Waals surface area contributed by atoms with Crippen LogP contribution in [-0.4, -0.2) is 40.3 Å². The van der Waals surface area contributed by atoms with Gasteiger partial charge in [0.15, 0.2) is 5.65 Å². The molecule has 0 aliphatic rings. The molecule has 100 valence electrons. The van der Waals surface area contributed by atoms with Crippen LogP contribution < -0.4 is 10.2 Å². The van der Waals surface area contributed by atoms with E-state index in [1.54, 1.807) is 13.2 Å². The highest BCUT2D eigenvalue weighted by molar-refractivity contribution is 5.87. The molecule has 1 atom stereocenters. The number of hydrogen-bond donors (Lipinski definition) is 2. The molecule has 0 bridgehead atoms. The molecule has 2 N–H and O–H groups in total. The largest absolute Gasteiger partial charge is 0.357 e. The van der Waals surface area contributed by atoms with Gasteiger partial charge in [0.05, 0.1) is 23.6 Å². The lowest BCUT2D eigenvalue weighted by Gasteiger charge is -2.23. The first-order valence-electron chi connectivity index (χ1n) is 6.23. The minimum Gasteiger partial charge on any atom is -0.357 e. The molecule has 0 saturated heterocycles. The Balaban J connectivity index is 2.46. The van der Waals surface area contributed by atoms with Crippen LogP contribution in [0.15, 0.2) is 6.20 Å². The van der Waals surface area contributed by atoms with Gasteiger partial charge >= 0.3 is 0 Å². The summed E-state index contributed by atoms with van der Waals surface area (Å²) in [5, 5.41) is 19.6. The quantitative estimate of drug-likeness (QED) is 0.842. The maximum atomic E-state index is 8.96. The van der Waals surface area contributed by atoms with E-state index in [1.165, 1.54) is 0 Å². The van der Waals surface area contributed by atoms with Gasteiger partial charge < -0.3 is 10.2 Å². The zero-order valence-electron chi connectivity index (χ0n) is 11.3. The fourth-order valence-corrected chi connectivity index (χ4v) is 1.91. The van der Waals surface area contributed by atoms with E-state index in [9.17, 15) is 0 Å². The number of nitriles is 1. The molecule has 2 aromatic rings. The highest BCUT2D eigenvalue weighted by Gasteiger charge is 2.16. The normalized spacial score (nSPS) is 12.1. The molecule has 0 aromatic carbocycles. The van der Waals surface area contributed by atoms with Gasteiger partial charge in [0.1, 0.15) is 5.82 Å². The van der Waals surface area contributed by atoms with Gasteiger partial charge in [0, 0.05) is 20.1 Å². The molecule has 0 saturated carbocycles. The third-order valence-corrected chi connectivity index (χ3v) is 2.91. The van der Waals surface area contributed by atoms with Crippen molar-refractivity contribution in [3.8, 4) is 6.07 Å². The molecule has 1 unspecified atom stereocenters. The van der Waals surface area contributed by atoms with Gasteiger partial charge in [-0.25, -0.2) is 0 Å². The molecule has 0 spiro atoms. The van der Waals surface area contributed by atoms with Crippen molar-refractivity contribution in [2.45, 2.75) is 13.8 Å². The summed E-state index contributed by atoms with van der Waals surface area (Å²) in [6.45, 7) is 5.34. The first kappa shape index (κ1) is 13.1. The van der Waals surface area contributed by atoms with Crippen LogP contribution in [0.4, 0.5) is 11.8 Å². The summed E-state index contributed by atoms with van der Waals surface area (Å²) in [5.74, 6) is 1.28. The zero-order chi connectivity index (χ0) is 13.8. The minimum atomic E-state index is -0.0603. The van der Waals surface area contributed by atoms with E-state index in [0.29, 0.717) is 18.1 Å². The number of fused-ring (bicyclic) bond motifs is 1. The number of nitrogens with one attached hydrogen (secondary N) is 2. The standard InChI is InChI=1S/C12H17N7/c1-4-19(7-8(2)5-13)11-9-6-15-18-10(9)16-12(14-3)17-11/h6,8H,4,7H2,1-3H3,(H2,14,15,16,17,18). The van der Waals surface area contributed by atoms with Crippen molar-refractivity contribution in [1.82, 2.24) is 20.2 Å². The summed E-state index contributed by atoms with van der Waals surface area (Å²) >= 11 is 0. The average Bonchev–Trinajstić information content (AvgIpc) is 2.91. The van der Waals surface area contributed by atoms with E-state index in [2.05, 4.69) is 36.5 Å². The van der Waals surface area contributed by atoms with Gasteiger partial charge in [0.2, 0.25) is 5.95 Å². The van der Waals surface area contributed by atoms with Crippen molar-refractivity contribution < 1.29 is 0 Å². The maximum Gasteiger partial charge on any atom is 0.226 e. The number of nitrogens with zero attached hydrogens (tertiary/aromatic N) is 5. The molecular weight excluding hydrogens is 242 g/mol. The molecule has 2 aromatic heterocycles. The summed E-state index contributed by atoms with van der Waals surface area (Å²) in [6.07, 6.45) is 1.71. The van der Waals surface area contributed by atoms with Crippen molar-refractivity contribution in [1.29, 1.82) is 5.26 Å². The lowest BCUT2D eigenvalue weighted by molar-refractivity contribution is 0.681. The van der Waals surface area contributed by atoms with Gasteiger partial charge in [-0.1, -0.05) is 0 Å². The van der Waals surface area contributed by atoms with Gasteiger partial charge in [-0.3, -0.25) is 5.10 Å². The smallest absolute Gasteiger partial charge is 0.226 e. The third-order valence-electron chi connectivity index (χ3n) is 2.91. The van der Waals surface area contributed by atoms with E-state index >= 15 is 0 Å². The molecule has 0 radical (unpaired) electrons. The van der Waals surface area contributed by atoms with Crippen molar-refractivity contribution in [3.05, 3.63) is 6.20 Å². The fraction of sp³-hybridized carbons (Fsp3) is 0.500. The van der Waals surface area contributed by atoms with Gasteiger partial charge in [0.25, 0.3) is 0 Å². The average molecular weight is 259 g/mol. The second-order valence-electron chi connectivity index (χ2n) is 4.32. The van der Waals surface area contributed by atoms with E-state index in [0.717, 1.165) is 17.7 Å². The predicted octanol–water partition coefficient (Wildman–Crippen LogP) is 1.38. The molecule has 0 aliphatic carbocycles. The highest BCUT2D eigenvalue weighted by atomic mass is 15.3. The monoisotopic (exact) mass is 259 g/mol. The number of hydrogen-bond acceptors (Lipinski definition) is 6. The molecular formula is C12H17N7. The first-order valence-corrected chi connectivity index (χ1v) is 6.23. The summed E-state index contributed by atoms with van der Waals surface area (Å²) in [5.41, 5.74) is 0.692. The van der Waals surface area contributed by atoms with Crippen LogP contribution in [0.3, 0.4) is 0 Å². The molecule has 2 rings (SSSR count). The van der Waals surface area contributed by atoms with Crippen LogP contribution in [0.5, 0.6) is 0 Å². The third kappa shape index (κ3) is 2.57. The van der Waals surface area contributed by atoms with Crippen LogP contribution in [0.2, 0.25) is 0 Å². The molecule has 2 heterocycles. The topological polar surface area (TPSA) is 93.5 Å². The Labute approximate surface area is 111 Å². The summed E-state index contributed by atoms with van der Waals surface area (Å²) < 4.78 is 0. The number of aromatic amines is 1. The summed E-state index contributed by atoms with van der Waals surface area (Å²) in [4.78, 5) is 10.8. The number of rotatable bonds is 5. The van der Waals surface area contributed by atoms with Gasteiger partial charge in [-0.05, 0) is 13.8 Å². The second-order valence-corrected chi connectivity index (χ2v) is 4.32. The van der Waals surface area contributed by atoms with Crippen molar-refractivity contribution in [3.63, 3.8) is 0 Å². The van der Waals surface area contributed by atoms with E-state index in [1.807, 2.05) is 13.8 Å². The number of aromatic nitrogens is 4. The molecule has 7 nitrogen and oxygen atoms in total. The minimum absolute atomic E-state index is 0.0603. The van der Waals surface area contributed by atoms with E-state index in [4.69, 9.17) is 5.26 Å². The van der Waals surface area contributed by atoms with Crippen LogP contribution >= 0.6 is 0 Å². The summed E-state index contributed by atoms with van der Waals surface area (Å²) in [7, 11) is 1.77. The first-order chi connectivity index (χ1) is 9.19.